The maximum atomic E-state index is 12.7. The van der Waals surface area contributed by atoms with Gasteiger partial charge in [-0.25, -0.2) is 4.79 Å². The molecule has 0 radical (unpaired) electrons. The van der Waals surface area contributed by atoms with Gasteiger partial charge in [-0.2, -0.15) is 0 Å². The van der Waals surface area contributed by atoms with Gasteiger partial charge < -0.3 is 14.2 Å². The van der Waals surface area contributed by atoms with Crippen molar-refractivity contribution in [1.82, 2.24) is 4.90 Å². The molecule has 5 nitrogen and oxygen atoms in total. The average Bonchev–Trinajstić information content (AvgIpc) is 2.73. The average molecular weight is 421 g/mol. The Morgan fingerprint density at radius 3 is 2.21 bits per heavy atom. The second-order valence-corrected chi connectivity index (χ2v) is 7.65. The van der Waals surface area contributed by atoms with Crippen LogP contribution in [0.4, 0.5) is 0 Å². The number of carbonyl (C=O) groups excluding carboxylic acids is 1. The molecule has 0 amide bonds. The van der Waals surface area contributed by atoms with Crippen LogP contribution in [0.5, 0.6) is 0 Å². The third-order valence-electron chi connectivity index (χ3n) is 4.67. The molecule has 0 fully saturated rings. The second-order valence-electron chi connectivity index (χ2n) is 6.76. The van der Waals surface area contributed by atoms with E-state index in [-0.39, 0.29) is 5.03 Å². The maximum Gasteiger partial charge on any atom is 0.338 e. The van der Waals surface area contributed by atoms with E-state index in [0.29, 0.717) is 30.8 Å². The lowest BCUT2D eigenvalue weighted by Gasteiger charge is -2.25. The van der Waals surface area contributed by atoms with Crippen molar-refractivity contribution in [3.05, 3.63) is 53.1 Å². The Hall–Kier alpha value is -1.92. The van der Waals surface area contributed by atoms with Crippen LogP contribution < -0.4 is 0 Å². The lowest BCUT2D eigenvalue weighted by atomic mass is 10.1. The summed E-state index contributed by atoms with van der Waals surface area (Å²) in [5.74, 6) is -0.434. The predicted molar refractivity (Wildman–Crippen MR) is 119 cm³/mol. The molecule has 1 unspecified atom stereocenters. The molecule has 162 valence electrons. The van der Waals surface area contributed by atoms with Gasteiger partial charge >= 0.3 is 5.97 Å². The monoisotopic (exact) mass is 420 g/mol. The molecule has 1 atom stereocenters. The molecule has 0 bridgehead atoms. The van der Waals surface area contributed by atoms with E-state index in [2.05, 4.69) is 6.92 Å². The molecule has 0 saturated heterocycles. The third kappa shape index (κ3) is 9.41. The molecule has 0 aliphatic heterocycles. The topological polar surface area (TPSA) is 69.7 Å². The van der Waals surface area contributed by atoms with Gasteiger partial charge in [-0.15, -0.1) is 0 Å². The van der Waals surface area contributed by atoms with Crippen LogP contribution >= 0.6 is 0 Å². The number of allylic oxidation sites excluding steroid dienone is 2. The first kappa shape index (κ1) is 25.1. The highest BCUT2D eigenvalue weighted by Crippen LogP contribution is 2.18. The Labute approximate surface area is 178 Å². The summed E-state index contributed by atoms with van der Waals surface area (Å²) in [6.45, 7) is 7.46. The fourth-order valence-corrected chi connectivity index (χ4v) is 3.63. The van der Waals surface area contributed by atoms with Gasteiger partial charge in [0.25, 0.3) is 0 Å². The summed E-state index contributed by atoms with van der Waals surface area (Å²) in [5.41, 5.74) is 1.05. The molecular formula is C23H34NO4S-. The fourth-order valence-electron chi connectivity index (χ4n) is 2.98. The van der Waals surface area contributed by atoms with Gasteiger partial charge in [0.05, 0.1) is 17.2 Å². The first-order chi connectivity index (χ1) is 14.0. The van der Waals surface area contributed by atoms with Gasteiger partial charge in [-0.1, -0.05) is 69.4 Å². The minimum atomic E-state index is -2.39. The highest BCUT2D eigenvalue weighted by atomic mass is 32.2. The first-order valence-electron chi connectivity index (χ1n) is 10.5. The maximum absolute atomic E-state index is 12.7. The molecule has 1 aromatic rings. The van der Waals surface area contributed by atoms with Crippen molar-refractivity contribution in [2.75, 3.05) is 19.7 Å². The van der Waals surface area contributed by atoms with Gasteiger partial charge in [0, 0.05) is 13.1 Å². The lowest BCUT2D eigenvalue weighted by molar-refractivity contribution is -0.136. The molecule has 0 aromatic heterocycles. The van der Waals surface area contributed by atoms with Gasteiger partial charge in [0.15, 0.2) is 0 Å². The molecule has 0 heterocycles. The Morgan fingerprint density at radius 1 is 1.00 bits per heavy atom. The van der Waals surface area contributed by atoms with Crippen molar-refractivity contribution in [2.24, 2.45) is 0 Å². The second kappa shape index (κ2) is 15.0. The molecule has 0 aliphatic carbocycles. The number of nitrogens with zero attached hydrogens (tertiary/aromatic N) is 1. The zero-order valence-corrected chi connectivity index (χ0v) is 18.7. The number of unbranched alkanes of at least 4 members (excludes halogenated alkanes) is 5. The third-order valence-corrected chi connectivity index (χ3v) is 5.41. The van der Waals surface area contributed by atoms with E-state index in [1.165, 1.54) is 25.3 Å². The van der Waals surface area contributed by atoms with Crippen molar-refractivity contribution in [2.45, 2.75) is 59.3 Å². The Bertz CT molecular complexity index is 681. The Kier molecular flexibility index (Phi) is 13.0. The van der Waals surface area contributed by atoms with E-state index in [9.17, 15) is 13.6 Å². The summed E-state index contributed by atoms with van der Waals surface area (Å²) < 4.78 is 28.7. The van der Waals surface area contributed by atoms with Gasteiger partial charge in [0.1, 0.15) is 0 Å². The van der Waals surface area contributed by atoms with Gasteiger partial charge in [-0.3, -0.25) is 4.21 Å². The molecule has 0 N–H and O–H groups in total. The normalized spacial score (nSPS) is 13.2. The molecule has 0 aliphatic rings. The zero-order valence-electron chi connectivity index (χ0n) is 17.9. The van der Waals surface area contributed by atoms with Gasteiger partial charge in [-0.05, 0) is 49.1 Å². The Balaban J connectivity index is 2.91. The van der Waals surface area contributed by atoms with E-state index in [1.54, 1.807) is 11.0 Å². The van der Waals surface area contributed by atoms with Crippen LogP contribution in [0.3, 0.4) is 0 Å². The van der Waals surface area contributed by atoms with Crippen LogP contribution in [-0.4, -0.2) is 39.3 Å². The lowest BCUT2D eigenvalue weighted by Crippen LogP contribution is -2.24. The smallest absolute Gasteiger partial charge is 0.338 e. The number of carbonyl (C=O) groups is 1. The van der Waals surface area contributed by atoms with E-state index in [1.807, 2.05) is 44.2 Å². The number of benzene rings is 1. The Morgan fingerprint density at radius 2 is 1.62 bits per heavy atom. The molecule has 1 aromatic carbocycles. The minimum absolute atomic E-state index is 0.159. The van der Waals surface area contributed by atoms with Crippen molar-refractivity contribution >= 4 is 22.6 Å². The fraction of sp³-hybridized carbons (Fsp3) is 0.522. The van der Waals surface area contributed by atoms with E-state index in [4.69, 9.17) is 4.74 Å². The number of rotatable bonds is 14. The summed E-state index contributed by atoms with van der Waals surface area (Å²) in [6.07, 6.45) is 9.71. The van der Waals surface area contributed by atoms with Crippen LogP contribution in [0.25, 0.3) is 5.57 Å². The molecule has 29 heavy (non-hydrogen) atoms. The number of hydrogen-bond acceptors (Lipinski definition) is 5. The highest BCUT2D eigenvalue weighted by Gasteiger charge is 2.14. The van der Waals surface area contributed by atoms with Crippen LogP contribution in [0.15, 0.2) is 47.5 Å². The standard InChI is InChI=1S/C23H35NO4S/c1-4-7-8-9-10-14-19-28-23(25)21(20-15-12-11-13-16-20)17-18-22(29(26)27)24(5-2)6-3/h11-13,15-18H,4-10,14,19H2,1-3H3,(H,26,27)/p-1. The molecule has 0 spiro atoms. The van der Waals surface area contributed by atoms with Crippen LogP contribution in [0, 0.1) is 0 Å². The minimum Gasteiger partial charge on any atom is -0.767 e. The first-order valence-corrected chi connectivity index (χ1v) is 11.6. The molecule has 1 rings (SSSR count). The largest absolute Gasteiger partial charge is 0.767 e. The van der Waals surface area contributed by atoms with E-state index < -0.39 is 17.0 Å². The SMILES string of the molecule is CCCCCCCCOC(=O)C(=CC=C(N(CC)CC)S(=O)[O-])c1ccccc1. The van der Waals surface area contributed by atoms with Crippen molar-refractivity contribution in [3.8, 4) is 0 Å². The summed E-state index contributed by atoms with van der Waals surface area (Å²) in [7, 11) is 0. The highest BCUT2D eigenvalue weighted by molar-refractivity contribution is 7.83. The quantitative estimate of drug-likeness (QED) is 0.139. The van der Waals surface area contributed by atoms with E-state index in [0.717, 1.165) is 19.3 Å². The zero-order chi connectivity index (χ0) is 21.5. The number of esters is 1. The summed E-state index contributed by atoms with van der Waals surface area (Å²) in [4.78, 5) is 14.4. The van der Waals surface area contributed by atoms with Crippen molar-refractivity contribution in [1.29, 1.82) is 0 Å². The number of hydrogen-bond donors (Lipinski definition) is 0. The summed E-state index contributed by atoms with van der Waals surface area (Å²) >= 11 is -2.39. The molecular weight excluding hydrogens is 386 g/mol. The predicted octanol–water partition coefficient (Wildman–Crippen LogP) is 5.04. The van der Waals surface area contributed by atoms with Crippen LogP contribution in [0.1, 0.15) is 64.9 Å². The van der Waals surface area contributed by atoms with Crippen LogP contribution in [-0.2, 0) is 20.6 Å². The number of ether oxygens (including phenoxy) is 1. The van der Waals surface area contributed by atoms with Gasteiger partial charge in [0.2, 0.25) is 0 Å². The van der Waals surface area contributed by atoms with Crippen LogP contribution in [0.2, 0.25) is 0 Å². The van der Waals surface area contributed by atoms with E-state index >= 15 is 0 Å². The summed E-state index contributed by atoms with van der Waals surface area (Å²) in [6, 6.07) is 9.18. The molecule has 6 heteroatoms. The van der Waals surface area contributed by atoms with Crippen molar-refractivity contribution < 1.29 is 18.3 Å². The summed E-state index contributed by atoms with van der Waals surface area (Å²) in [5, 5.41) is 0.159. The van der Waals surface area contributed by atoms with Crippen molar-refractivity contribution in [3.63, 3.8) is 0 Å². The molecule has 0 saturated carbocycles.